The number of hydrogen-bond donors (Lipinski definition) is 0. The van der Waals surface area contributed by atoms with Gasteiger partial charge in [0, 0.05) is 12.5 Å². The molecule has 1 heterocycles. The van der Waals surface area contributed by atoms with Gasteiger partial charge in [0.1, 0.15) is 5.82 Å². The van der Waals surface area contributed by atoms with Crippen molar-refractivity contribution < 1.29 is 0 Å². The first-order chi connectivity index (χ1) is 8.88. The number of nitrogens with zero attached hydrogens (tertiary/aromatic N) is 3. The highest BCUT2D eigenvalue weighted by Gasteiger charge is 2.21. The molecule has 0 saturated carbocycles. The van der Waals surface area contributed by atoms with Gasteiger partial charge in [0.15, 0.2) is 0 Å². The van der Waals surface area contributed by atoms with Gasteiger partial charge in [-0.15, -0.1) is 0 Å². The quantitative estimate of drug-likeness (QED) is 0.817. The molecule has 1 unspecified atom stereocenters. The fourth-order valence-corrected chi connectivity index (χ4v) is 2.51. The number of aryl methyl sites for hydroxylation is 1. The van der Waals surface area contributed by atoms with Gasteiger partial charge in [0.2, 0.25) is 0 Å². The maximum Gasteiger partial charge on any atom is 0.115 e. The van der Waals surface area contributed by atoms with E-state index in [1.165, 1.54) is 0 Å². The Kier molecular flexibility index (Phi) is 3.36. The SMILES string of the molecule is CCC(C#N)c1ccc2c(c1)nc(C(C)(C)C)n2C. The van der Waals surface area contributed by atoms with Gasteiger partial charge in [-0.25, -0.2) is 4.98 Å². The topological polar surface area (TPSA) is 41.6 Å². The van der Waals surface area contributed by atoms with Gasteiger partial charge in [-0.05, 0) is 24.1 Å². The first-order valence-electron chi connectivity index (χ1n) is 6.75. The molecule has 19 heavy (non-hydrogen) atoms. The highest BCUT2D eigenvalue weighted by molar-refractivity contribution is 5.77. The van der Waals surface area contributed by atoms with E-state index in [1.807, 2.05) is 13.0 Å². The monoisotopic (exact) mass is 255 g/mol. The van der Waals surface area contributed by atoms with Crippen LogP contribution in [0.15, 0.2) is 18.2 Å². The van der Waals surface area contributed by atoms with Crippen LogP contribution in [0.25, 0.3) is 11.0 Å². The predicted molar refractivity (Wildman–Crippen MR) is 78.1 cm³/mol. The average molecular weight is 255 g/mol. The summed E-state index contributed by atoms with van der Waals surface area (Å²) in [5.74, 6) is 1.04. The Labute approximate surface area is 114 Å². The predicted octanol–water partition coefficient (Wildman–Crippen LogP) is 3.89. The van der Waals surface area contributed by atoms with Crippen LogP contribution >= 0.6 is 0 Å². The molecule has 0 N–H and O–H groups in total. The molecular formula is C16H21N3. The highest BCUT2D eigenvalue weighted by atomic mass is 15.1. The summed E-state index contributed by atoms with van der Waals surface area (Å²) < 4.78 is 2.15. The zero-order valence-corrected chi connectivity index (χ0v) is 12.4. The third kappa shape index (κ3) is 2.35. The maximum absolute atomic E-state index is 9.16. The largest absolute Gasteiger partial charge is 0.331 e. The molecule has 0 aliphatic rings. The first-order valence-corrected chi connectivity index (χ1v) is 6.75. The van der Waals surface area contributed by atoms with Crippen LogP contribution in [0.1, 0.15) is 51.4 Å². The van der Waals surface area contributed by atoms with Crippen molar-refractivity contribution in [3.05, 3.63) is 29.6 Å². The Hall–Kier alpha value is -1.82. The molecule has 2 rings (SSSR count). The van der Waals surface area contributed by atoms with Crippen LogP contribution in [0.4, 0.5) is 0 Å². The molecule has 0 aliphatic carbocycles. The minimum atomic E-state index is -0.0375. The maximum atomic E-state index is 9.16. The standard InChI is InChI=1S/C16H21N3/c1-6-11(10-17)12-7-8-14-13(9-12)18-15(19(14)5)16(2,3)4/h7-9,11H,6H2,1-5H3. The minimum absolute atomic E-state index is 0.0212. The van der Waals surface area contributed by atoms with Crippen molar-refractivity contribution in [3.8, 4) is 6.07 Å². The van der Waals surface area contributed by atoms with E-state index in [9.17, 15) is 0 Å². The molecule has 0 radical (unpaired) electrons. The molecule has 0 bridgehead atoms. The summed E-state index contributed by atoms with van der Waals surface area (Å²) in [7, 11) is 2.05. The fourth-order valence-electron chi connectivity index (χ4n) is 2.51. The molecule has 2 aromatic rings. The van der Waals surface area contributed by atoms with Crippen molar-refractivity contribution in [1.82, 2.24) is 9.55 Å². The third-order valence-corrected chi connectivity index (χ3v) is 3.54. The molecule has 0 amide bonds. The van der Waals surface area contributed by atoms with E-state index in [0.717, 1.165) is 28.8 Å². The van der Waals surface area contributed by atoms with Gasteiger partial charge in [-0.2, -0.15) is 5.26 Å². The zero-order valence-electron chi connectivity index (χ0n) is 12.4. The molecule has 0 saturated heterocycles. The molecule has 0 spiro atoms. The normalized spacial score (nSPS) is 13.5. The van der Waals surface area contributed by atoms with Crippen LogP contribution in [0.5, 0.6) is 0 Å². The van der Waals surface area contributed by atoms with Crippen molar-refractivity contribution in [3.63, 3.8) is 0 Å². The summed E-state index contributed by atoms with van der Waals surface area (Å²) in [4.78, 5) is 4.75. The molecule has 100 valence electrons. The second kappa shape index (κ2) is 4.70. The summed E-state index contributed by atoms with van der Waals surface area (Å²) in [5, 5.41) is 9.16. The Morgan fingerprint density at radius 1 is 1.37 bits per heavy atom. The highest BCUT2D eigenvalue weighted by Crippen LogP contribution is 2.28. The van der Waals surface area contributed by atoms with Gasteiger partial charge in [0.25, 0.3) is 0 Å². The van der Waals surface area contributed by atoms with Crippen molar-refractivity contribution in [2.24, 2.45) is 7.05 Å². The smallest absolute Gasteiger partial charge is 0.115 e. The molecule has 1 atom stereocenters. The van der Waals surface area contributed by atoms with Crippen LogP contribution in [0, 0.1) is 11.3 Å². The van der Waals surface area contributed by atoms with Crippen LogP contribution in [0.3, 0.4) is 0 Å². The van der Waals surface area contributed by atoms with Crippen molar-refractivity contribution in [2.45, 2.75) is 45.4 Å². The number of rotatable bonds is 2. The van der Waals surface area contributed by atoms with E-state index in [2.05, 4.69) is 50.6 Å². The Bertz CT molecular complexity index is 638. The lowest BCUT2D eigenvalue weighted by molar-refractivity contribution is 0.526. The van der Waals surface area contributed by atoms with Gasteiger partial charge in [-0.1, -0.05) is 33.8 Å². The van der Waals surface area contributed by atoms with E-state index >= 15 is 0 Å². The second-order valence-corrected chi connectivity index (χ2v) is 6.08. The average Bonchev–Trinajstić information content (AvgIpc) is 2.68. The van der Waals surface area contributed by atoms with Crippen molar-refractivity contribution in [1.29, 1.82) is 5.26 Å². The van der Waals surface area contributed by atoms with Crippen molar-refractivity contribution >= 4 is 11.0 Å². The van der Waals surface area contributed by atoms with Crippen LogP contribution in [0.2, 0.25) is 0 Å². The van der Waals surface area contributed by atoms with Gasteiger partial charge < -0.3 is 4.57 Å². The molecule has 0 aliphatic heterocycles. The third-order valence-electron chi connectivity index (χ3n) is 3.54. The molecule has 3 heteroatoms. The molecule has 3 nitrogen and oxygen atoms in total. The summed E-state index contributed by atoms with van der Waals surface area (Å²) in [6.07, 6.45) is 0.834. The van der Waals surface area contributed by atoms with E-state index < -0.39 is 0 Å². The number of imidazole rings is 1. The minimum Gasteiger partial charge on any atom is -0.331 e. The summed E-state index contributed by atoms with van der Waals surface area (Å²) >= 11 is 0. The zero-order chi connectivity index (χ0) is 14.2. The Morgan fingerprint density at radius 3 is 2.58 bits per heavy atom. The second-order valence-electron chi connectivity index (χ2n) is 6.08. The number of benzene rings is 1. The van der Waals surface area contributed by atoms with Crippen molar-refractivity contribution in [2.75, 3.05) is 0 Å². The summed E-state index contributed by atoms with van der Waals surface area (Å²) in [6.45, 7) is 8.54. The van der Waals surface area contributed by atoms with Crippen LogP contribution in [-0.4, -0.2) is 9.55 Å². The molecule has 1 aromatic heterocycles. The molecular weight excluding hydrogens is 234 g/mol. The van der Waals surface area contributed by atoms with Gasteiger partial charge >= 0.3 is 0 Å². The summed E-state index contributed by atoms with van der Waals surface area (Å²) in [6, 6.07) is 8.53. The van der Waals surface area contributed by atoms with E-state index in [4.69, 9.17) is 10.2 Å². The lowest BCUT2D eigenvalue weighted by atomic mass is 9.96. The van der Waals surface area contributed by atoms with E-state index in [0.29, 0.717) is 0 Å². The number of hydrogen-bond acceptors (Lipinski definition) is 2. The number of fused-ring (bicyclic) bond motifs is 1. The Balaban J connectivity index is 2.60. The number of nitriles is 1. The lowest BCUT2D eigenvalue weighted by Gasteiger charge is -2.17. The molecule has 0 fully saturated rings. The number of aromatic nitrogens is 2. The lowest BCUT2D eigenvalue weighted by Crippen LogP contribution is -2.17. The Morgan fingerprint density at radius 2 is 2.05 bits per heavy atom. The fraction of sp³-hybridized carbons (Fsp3) is 0.500. The first kappa shape index (κ1) is 13.6. The van der Waals surface area contributed by atoms with E-state index in [-0.39, 0.29) is 11.3 Å². The van der Waals surface area contributed by atoms with E-state index in [1.54, 1.807) is 0 Å². The summed E-state index contributed by atoms with van der Waals surface area (Å²) in [5.41, 5.74) is 3.20. The van der Waals surface area contributed by atoms with Gasteiger partial charge in [0.05, 0.1) is 23.0 Å². The van der Waals surface area contributed by atoms with Gasteiger partial charge in [-0.3, -0.25) is 0 Å². The van der Waals surface area contributed by atoms with Crippen LogP contribution in [-0.2, 0) is 12.5 Å². The molecule has 1 aromatic carbocycles. The van der Waals surface area contributed by atoms with Crippen LogP contribution < -0.4 is 0 Å².